The van der Waals surface area contributed by atoms with Crippen LogP contribution in [0.4, 0.5) is 0 Å². The Bertz CT molecular complexity index is 302. The van der Waals surface area contributed by atoms with Crippen LogP contribution >= 0.6 is 0 Å². The lowest BCUT2D eigenvalue weighted by atomic mass is 9.97. The van der Waals surface area contributed by atoms with Crippen LogP contribution in [-0.4, -0.2) is 18.4 Å². The Morgan fingerprint density at radius 3 is 2.81 bits per heavy atom. The van der Waals surface area contributed by atoms with Crippen LogP contribution in [0.25, 0.3) is 0 Å². The van der Waals surface area contributed by atoms with Gasteiger partial charge >= 0.3 is 0 Å². The highest BCUT2D eigenvalue weighted by Gasteiger charge is 2.23. The van der Waals surface area contributed by atoms with Crippen LogP contribution in [0.5, 0.6) is 0 Å². The maximum Gasteiger partial charge on any atom is 0.118 e. The van der Waals surface area contributed by atoms with Crippen molar-refractivity contribution in [1.82, 2.24) is 5.32 Å². The Hall–Kier alpha value is -1.09. The third-order valence-corrected chi connectivity index (χ3v) is 3.02. The molecule has 0 spiro atoms. The maximum atomic E-state index is 6.09. The molecule has 3 N–H and O–H groups in total. The molecule has 3 heteroatoms. The van der Waals surface area contributed by atoms with Crippen molar-refractivity contribution in [2.75, 3.05) is 6.54 Å². The van der Waals surface area contributed by atoms with Crippen LogP contribution in [0, 0.1) is 11.8 Å². The zero-order valence-corrected chi connectivity index (χ0v) is 10.5. The number of hydrogen-bond acceptors (Lipinski definition) is 3. The second-order valence-electron chi connectivity index (χ2n) is 4.58. The van der Waals surface area contributed by atoms with E-state index in [4.69, 9.17) is 5.73 Å². The van der Waals surface area contributed by atoms with Crippen molar-refractivity contribution in [2.24, 2.45) is 22.6 Å². The number of hydrogen-bond donors (Lipinski definition) is 2. The van der Waals surface area contributed by atoms with Gasteiger partial charge < -0.3 is 11.1 Å². The molecule has 1 aliphatic rings. The lowest BCUT2D eigenvalue weighted by Gasteiger charge is -2.29. The topological polar surface area (TPSA) is 50.4 Å². The van der Waals surface area contributed by atoms with Gasteiger partial charge in [-0.3, -0.25) is 4.99 Å². The monoisotopic (exact) mass is 221 g/mol. The fourth-order valence-electron chi connectivity index (χ4n) is 1.75. The summed E-state index contributed by atoms with van der Waals surface area (Å²) in [6.45, 7) is 11.0. The Labute approximate surface area is 98.5 Å². The molecule has 0 aromatic heterocycles. The van der Waals surface area contributed by atoms with Gasteiger partial charge in [-0.25, -0.2) is 0 Å². The van der Waals surface area contributed by atoms with Crippen molar-refractivity contribution in [3.8, 4) is 0 Å². The molecule has 1 aliphatic heterocycles. The molecule has 0 aliphatic carbocycles. The van der Waals surface area contributed by atoms with E-state index in [0.29, 0.717) is 11.8 Å². The van der Waals surface area contributed by atoms with Crippen LogP contribution in [0.15, 0.2) is 29.4 Å². The van der Waals surface area contributed by atoms with E-state index in [1.807, 2.05) is 12.2 Å². The Balaban J connectivity index is 2.82. The largest absolute Gasteiger partial charge is 0.346 e. The van der Waals surface area contributed by atoms with Crippen LogP contribution in [0.3, 0.4) is 0 Å². The first-order valence-electron chi connectivity index (χ1n) is 5.99. The van der Waals surface area contributed by atoms with Crippen molar-refractivity contribution in [1.29, 1.82) is 0 Å². The second kappa shape index (κ2) is 5.85. The summed E-state index contributed by atoms with van der Waals surface area (Å²) >= 11 is 0. The van der Waals surface area contributed by atoms with E-state index in [2.05, 4.69) is 37.7 Å². The van der Waals surface area contributed by atoms with Crippen molar-refractivity contribution in [3.05, 3.63) is 24.4 Å². The van der Waals surface area contributed by atoms with Gasteiger partial charge in [0, 0.05) is 18.2 Å². The van der Waals surface area contributed by atoms with Gasteiger partial charge in [0.25, 0.3) is 0 Å². The number of allylic oxidation sites excluding steroid dienone is 2. The van der Waals surface area contributed by atoms with Crippen molar-refractivity contribution in [3.63, 3.8) is 0 Å². The van der Waals surface area contributed by atoms with Gasteiger partial charge in [0.15, 0.2) is 0 Å². The number of aliphatic imine (C=N–C) groups is 1. The highest BCUT2D eigenvalue weighted by molar-refractivity contribution is 5.89. The molecule has 16 heavy (non-hydrogen) atoms. The van der Waals surface area contributed by atoms with E-state index >= 15 is 0 Å². The van der Waals surface area contributed by atoms with Gasteiger partial charge in [-0.1, -0.05) is 33.4 Å². The first-order valence-corrected chi connectivity index (χ1v) is 5.99. The summed E-state index contributed by atoms with van der Waals surface area (Å²) in [6.07, 6.45) is 4.92. The number of amidine groups is 1. The summed E-state index contributed by atoms with van der Waals surface area (Å²) < 4.78 is 0. The summed E-state index contributed by atoms with van der Waals surface area (Å²) in [7, 11) is 0. The molecule has 0 fully saturated rings. The summed E-state index contributed by atoms with van der Waals surface area (Å²) in [5.41, 5.74) is 7.28. The molecule has 0 aromatic rings. The smallest absolute Gasteiger partial charge is 0.118 e. The predicted octanol–water partition coefficient (Wildman–Crippen LogP) is 2.07. The predicted molar refractivity (Wildman–Crippen MR) is 70.3 cm³/mol. The van der Waals surface area contributed by atoms with E-state index in [1.165, 1.54) is 5.70 Å². The quantitative estimate of drug-likeness (QED) is 0.763. The number of nitrogens with two attached hydrogens (primary N) is 1. The van der Waals surface area contributed by atoms with Crippen molar-refractivity contribution >= 4 is 5.84 Å². The summed E-state index contributed by atoms with van der Waals surface area (Å²) in [6, 6.07) is -0.00831. The van der Waals surface area contributed by atoms with Crippen LogP contribution in [0.1, 0.15) is 27.2 Å². The highest BCUT2D eigenvalue weighted by atomic mass is 15.1. The van der Waals surface area contributed by atoms with Gasteiger partial charge in [0.05, 0.1) is 6.04 Å². The Kier molecular flexibility index (Phi) is 4.74. The third-order valence-electron chi connectivity index (χ3n) is 3.02. The Morgan fingerprint density at radius 1 is 1.62 bits per heavy atom. The van der Waals surface area contributed by atoms with E-state index < -0.39 is 0 Å². The molecule has 0 saturated carbocycles. The molecule has 1 rings (SSSR count). The Morgan fingerprint density at radius 2 is 2.31 bits per heavy atom. The minimum Gasteiger partial charge on any atom is -0.346 e. The third kappa shape index (κ3) is 2.95. The molecule has 0 bridgehead atoms. The zero-order chi connectivity index (χ0) is 12.1. The zero-order valence-electron chi connectivity index (χ0n) is 10.5. The molecule has 90 valence electrons. The van der Waals surface area contributed by atoms with Gasteiger partial charge in [-0.2, -0.15) is 0 Å². The summed E-state index contributed by atoms with van der Waals surface area (Å²) in [5.74, 6) is 1.78. The average molecular weight is 221 g/mol. The normalized spacial score (nSPS) is 25.2. The fourth-order valence-corrected chi connectivity index (χ4v) is 1.75. The van der Waals surface area contributed by atoms with Gasteiger partial charge in [-0.05, 0) is 18.4 Å². The van der Waals surface area contributed by atoms with E-state index in [0.717, 1.165) is 18.8 Å². The molecule has 0 amide bonds. The van der Waals surface area contributed by atoms with Crippen molar-refractivity contribution < 1.29 is 0 Å². The molecule has 1 heterocycles. The summed E-state index contributed by atoms with van der Waals surface area (Å²) in [4.78, 5) is 4.54. The minimum atomic E-state index is -0.00831. The molecular weight excluding hydrogens is 198 g/mol. The summed E-state index contributed by atoms with van der Waals surface area (Å²) in [5, 5.41) is 3.35. The maximum absolute atomic E-state index is 6.09. The first kappa shape index (κ1) is 13.0. The number of nitrogens with one attached hydrogen (secondary N) is 1. The standard InChI is InChI=1S/C13H23N3/c1-5-7-11-10(6-2)8-15-13(16-11)12(14)9(3)4/h5,7,9-10,12H,1,6,8,14H2,2-4H3,(H,15,16)/b11-7-/t10-,12-/m0/s1. The lowest BCUT2D eigenvalue weighted by molar-refractivity contribution is 0.529. The lowest BCUT2D eigenvalue weighted by Crippen LogP contribution is -2.47. The molecule has 2 atom stereocenters. The number of rotatable bonds is 4. The van der Waals surface area contributed by atoms with Gasteiger partial charge in [0.2, 0.25) is 0 Å². The molecule has 0 unspecified atom stereocenters. The molecular formula is C13H23N3. The second-order valence-corrected chi connectivity index (χ2v) is 4.58. The van der Waals surface area contributed by atoms with Gasteiger partial charge in [0.1, 0.15) is 5.84 Å². The van der Waals surface area contributed by atoms with Crippen LogP contribution in [-0.2, 0) is 0 Å². The molecule has 0 radical (unpaired) electrons. The van der Waals surface area contributed by atoms with E-state index in [-0.39, 0.29) is 6.04 Å². The average Bonchev–Trinajstić information content (AvgIpc) is 2.28. The van der Waals surface area contributed by atoms with Crippen LogP contribution in [0.2, 0.25) is 0 Å². The van der Waals surface area contributed by atoms with E-state index in [1.54, 1.807) is 0 Å². The first-order chi connectivity index (χ1) is 7.60. The van der Waals surface area contributed by atoms with Gasteiger partial charge in [-0.15, -0.1) is 0 Å². The highest BCUT2D eigenvalue weighted by Crippen LogP contribution is 2.18. The van der Waals surface area contributed by atoms with E-state index in [9.17, 15) is 0 Å². The van der Waals surface area contributed by atoms with Crippen LogP contribution < -0.4 is 11.1 Å². The van der Waals surface area contributed by atoms with Crippen molar-refractivity contribution in [2.45, 2.75) is 33.2 Å². The minimum absolute atomic E-state index is 0.00831. The SMILES string of the molecule is C=C/C=C1\NC([C@@H](N)C(C)C)=NC[C@@H]1CC. The molecule has 3 nitrogen and oxygen atoms in total. The molecule has 0 saturated heterocycles. The number of nitrogens with zero attached hydrogens (tertiary/aromatic N) is 1. The molecule has 0 aromatic carbocycles. The fraction of sp³-hybridized carbons (Fsp3) is 0.615.